The number of methoxy groups -OCH3 is 1. The van der Waals surface area contributed by atoms with E-state index in [1.165, 1.54) is 0 Å². The second-order valence-corrected chi connectivity index (χ2v) is 3.24. The number of nitrogens with zero attached hydrogens (tertiary/aromatic N) is 2. The van der Waals surface area contributed by atoms with Gasteiger partial charge >= 0.3 is 17.8 Å². The van der Waals surface area contributed by atoms with Crippen LogP contribution in [0.5, 0.6) is 0 Å². The lowest BCUT2D eigenvalue weighted by molar-refractivity contribution is -0.385. The fourth-order valence-corrected chi connectivity index (χ4v) is 1.40. The van der Waals surface area contributed by atoms with E-state index in [0.717, 1.165) is 13.2 Å². The van der Waals surface area contributed by atoms with Crippen LogP contribution < -0.4 is 0 Å². The van der Waals surface area contributed by atoms with Gasteiger partial charge in [0.15, 0.2) is 0 Å². The molecule has 0 saturated carbocycles. The molecule has 19 heavy (non-hydrogen) atoms. The van der Waals surface area contributed by atoms with Crippen LogP contribution in [-0.4, -0.2) is 18.0 Å². The third-order valence-electron chi connectivity index (χ3n) is 2.18. The fraction of sp³-hybridized carbons (Fsp3) is 0.200. The van der Waals surface area contributed by atoms with Gasteiger partial charge in [-0.3, -0.25) is 10.1 Å². The number of hydrogen-bond donors (Lipinski definition) is 0. The van der Waals surface area contributed by atoms with Crippen molar-refractivity contribution in [3.05, 3.63) is 38.9 Å². The Hall–Kier alpha value is -2.63. The van der Waals surface area contributed by atoms with Crippen LogP contribution in [0.2, 0.25) is 0 Å². The van der Waals surface area contributed by atoms with E-state index in [0.29, 0.717) is 12.1 Å². The smallest absolute Gasteiger partial charge is 0.417 e. The summed E-state index contributed by atoms with van der Waals surface area (Å²) in [7, 11) is 0.912. The first-order valence-electron chi connectivity index (χ1n) is 4.61. The van der Waals surface area contributed by atoms with Crippen LogP contribution in [0, 0.1) is 21.4 Å². The first-order valence-corrected chi connectivity index (χ1v) is 4.61. The summed E-state index contributed by atoms with van der Waals surface area (Å²) in [4.78, 5) is 20.8. The number of alkyl halides is 3. The van der Waals surface area contributed by atoms with Gasteiger partial charge in [-0.2, -0.15) is 18.4 Å². The van der Waals surface area contributed by atoms with Gasteiger partial charge in [-0.1, -0.05) is 0 Å². The van der Waals surface area contributed by atoms with Crippen molar-refractivity contribution in [3.63, 3.8) is 0 Å². The number of benzene rings is 1. The molecular formula is C10H5F3N2O4. The minimum atomic E-state index is -4.94. The fourth-order valence-electron chi connectivity index (χ4n) is 1.40. The van der Waals surface area contributed by atoms with E-state index in [9.17, 15) is 28.1 Å². The van der Waals surface area contributed by atoms with Gasteiger partial charge in [-0.05, 0) is 12.1 Å². The summed E-state index contributed by atoms with van der Waals surface area (Å²) < 4.78 is 42.0. The van der Waals surface area contributed by atoms with E-state index in [4.69, 9.17) is 5.26 Å². The summed E-state index contributed by atoms with van der Waals surface area (Å²) in [5.41, 5.74) is -4.63. The number of halogens is 3. The zero-order valence-electron chi connectivity index (χ0n) is 9.32. The maximum Gasteiger partial charge on any atom is 0.417 e. The molecule has 9 heteroatoms. The molecule has 0 heterocycles. The first kappa shape index (κ1) is 14.4. The van der Waals surface area contributed by atoms with Crippen molar-refractivity contribution in [1.82, 2.24) is 0 Å². The number of carbonyl (C=O) groups excluding carboxylic acids is 1. The molecule has 1 aromatic carbocycles. The second kappa shape index (κ2) is 4.93. The predicted octanol–water partition coefficient (Wildman–Crippen LogP) is 2.27. The van der Waals surface area contributed by atoms with Gasteiger partial charge in [0.25, 0.3) is 0 Å². The standard InChI is InChI=1S/C10H5F3N2O4/c1-19-9(16)5-2-3-7(10(11,12)13)6(4-14)8(5)15(17)18/h2-3H,1H3. The number of carbonyl (C=O) groups is 1. The predicted molar refractivity (Wildman–Crippen MR) is 54.2 cm³/mol. The molecule has 100 valence electrons. The van der Waals surface area contributed by atoms with Crippen molar-refractivity contribution in [2.24, 2.45) is 0 Å². The Morgan fingerprint density at radius 1 is 1.47 bits per heavy atom. The normalized spacial score (nSPS) is 10.7. The van der Waals surface area contributed by atoms with Crippen LogP contribution in [0.4, 0.5) is 18.9 Å². The summed E-state index contributed by atoms with van der Waals surface area (Å²) >= 11 is 0. The molecular weight excluding hydrogens is 269 g/mol. The van der Waals surface area contributed by atoms with Crippen LogP contribution in [0.15, 0.2) is 12.1 Å². The molecule has 0 amide bonds. The SMILES string of the molecule is COC(=O)c1ccc(C(F)(F)F)c(C#N)c1[N+](=O)[O-]. The van der Waals surface area contributed by atoms with E-state index in [1.54, 1.807) is 0 Å². The molecule has 0 aliphatic heterocycles. The number of ether oxygens (including phenoxy) is 1. The molecule has 0 unspecified atom stereocenters. The quantitative estimate of drug-likeness (QED) is 0.468. The number of hydrogen-bond acceptors (Lipinski definition) is 5. The van der Waals surface area contributed by atoms with Gasteiger partial charge in [-0.15, -0.1) is 0 Å². The lowest BCUT2D eigenvalue weighted by Crippen LogP contribution is -2.13. The van der Waals surface area contributed by atoms with Crippen molar-refractivity contribution in [2.75, 3.05) is 7.11 Å². The van der Waals surface area contributed by atoms with Crippen LogP contribution >= 0.6 is 0 Å². The van der Waals surface area contributed by atoms with E-state index in [2.05, 4.69) is 4.74 Å². The molecule has 0 aliphatic rings. The summed E-state index contributed by atoms with van der Waals surface area (Å²) in [5, 5.41) is 19.5. The Balaban J connectivity index is 3.73. The topological polar surface area (TPSA) is 93.2 Å². The Morgan fingerprint density at radius 2 is 2.05 bits per heavy atom. The number of nitro benzene ring substituents is 1. The molecule has 0 radical (unpaired) electrons. The van der Waals surface area contributed by atoms with Crippen molar-refractivity contribution < 1.29 is 27.6 Å². The highest BCUT2D eigenvalue weighted by molar-refractivity contribution is 5.95. The molecule has 0 fully saturated rings. The van der Waals surface area contributed by atoms with Crippen molar-refractivity contribution in [1.29, 1.82) is 5.26 Å². The third-order valence-corrected chi connectivity index (χ3v) is 2.18. The summed E-state index contributed by atoms with van der Waals surface area (Å²) in [6, 6.07) is 2.14. The monoisotopic (exact) mass is 274 g/mol. The average Bonchev–Trinajstić information content (AvgIpc) is 2.34. The van der Waals surface area contributed by atoms with Crippen molar-refractivity contribution >= 4 is 11.7 Å². The Bertz CT molecular complexity index is 590. The van der Waals surface area contributed by atoms with Crippen molar-refractivity contribution in [2.45, 2.75) is 6.18 Å². The highest BCUT2D eigenvalue weighted by Crippen LogP contribution is 2.37. The zero-order chi connectivity index (χ0) is 14.8. The highest BCUT2D eigenvalue weighted by atomic mass is 19.4. The van der Waals surface area contributed by atoms with Crippen LogP contribution in [-0.2, 0) is 10.9 Å². The summed E-state index contributed by atoms with van der Waals surface area (Å²) in [6.45, 7) is 0. The number of nitro groups is 1. The molecule has 0 spiro atoms. The molecule has 6 nitrogen and oxygen atoms in total. The molecule has 0 aromatic heterocycles. The number of rotatable bonds is 2. The molecule has 0 bridgehead atoms. The zero-order valence-corrected chi connectivity index (χ0v) is 9.32. The van der Waals surface area contributed by atoms with Gasteiger partial charge in [0.1, 0.15) is 17.2 Å². The Morgan fingerprint density at radius 3 is 2.42 bits per heavy atom. The van der Waals surface area contributed by atoms with Gasteiger partial charge in [0.2, 0.25) is 0 Å². The molecule has 1 aromatic rings. The molecule has 1 rings (SSSR count). The Labute approximate surface area is 104 Å². The van der Waals surface area contributed by atoms with Gasteiger partial charge in [0, 0.05) is 0 Å². The summed E-state index contributed by atoms with van der Waals surface area (Å²) in [6.07, 6.45) is -4.94. The van der Waals surface area contributed by atoms with E-state index in [-0.39, 0.29) is 0 Å². The maximum atomic E-state index is 12.6. The molecule has 0 atom stereocenters. The lowest BCUT2D eigenvalue weighted by atomic mass is 10.0. The molecule has 0 saturated heterocycles. The van der Waals surface area contributed by atoms with E-state index < -0.39 is 39.4 Å². The van der Waals surface area contributed by atoms with Gasteiger partial charge in [-0.25, -0.2) is 4.79 Å². The lowest BCUT2D eigenvalue weighted by Gasteiger charge is -2.10. The largest absolute Gasteiger partial charge is 0.465 e. The Kier molecular flexibility index (Phi) is 3.75. The van der Waals surface area contributed by atoms with Crippen LogP contribution in [0.25, 0.3) is 0 Å². The average molecular weight is 274 g/mol. The van der Waals surface area contributed by atoms with Gasteiger partial charge < -0.3 is 4.74 Å². The first-order chi connectivity index (χ1) is 8.73. The van der Waals surface area contributed by atoms with Gasteiger partial charge in [0.05, 0.1) is 17.6 Å². The minimum absolute atomic E-state index is 0.428. The molecule has 0 N–H and O–H groups in total. The minimum Gasteiger partial charge on any atom is -0.465 e. The number of esters is 1. The maximum absolute atomic E-state index is 12.6. The second-order valence-electron chi connectivity index (χ2n) is 3.24. The van der Waals surface area contributed by atoms with Crippen LogP contribution in [0.1, 0.15) is 21.5 Å². The molecule has 0 aliphatic carbocycles. The highest BCUT2D eigenvalue weighted by Gasteiger charge is 2.39. The van der Waals surface area contributed by atoms with Crippen LogP contribution in [0.3, 0.4) is 0 Å². The van der Waals surface area contributed by atoms with Crippen molar-refractivity contribution in [3.8, 4) is 6.07 Å². The van der Waals surface area contributed by atoms with E-state index >= 15 is 0 Å². The third kappa shape index (κ3) is 2.62. The van der Waals surface area contributed by atoms with E-state index in [1.807, 2.05) is 0 Å². The summed E-state index contributed by atoms with van der Waals surface area (Å²) in [5.74, 6) is -1.20. The number of nitriles is 1.